The van der Waals surface area contributed by atoms with Crippen molar-refractivity contribution in [2.24, 2.45) is 0 Å². The van der Waals surface area contributed by atoms with E-state index in [4.69, 9.17) is 4.42 Å². The Morgan fingerprint density at radius 3 is 2.33 bits per heavy atom. The van der Waals surface area contributed by atoms with Crippen LogP contribution in [0.2, 0.25) is 0 Å². The van der Waals surface area contributed by atoms with Crippen molar-refractivity contribution >= 4 is 11.9 Å². The zero-order valence-electron chi connectivity index (χ0n) is 13.7. The van der Waals surface area contributed by atoms with Gasteiger partial charge < -0.3 is 4.42 Å². The molecule has 3 rings (SSSR count). The normalized spacial score (nSPS) is 10.6. The maximum Gasteiger partial charge on any atom is 0.322 e. The van der Waals surface area contributed by atoms with Crippen LogP contribution in [0.1, 0.15) is 23.6 Å². The largest absolute Gasteiger partial charge is 0.403 e. The molecule has 5 heteroatoms. The van der Waals surface area contributed by atoms with Gasteiger partial charge in [0, 0.05) is 5.56 Å². The Kier molecular flexibility index (Phi) is 4.70. The van der Waals surface area contributed by atoms with Crippen molar-refractivity contribution in [1.29, 1.82) is 0 Å². The number of hydrogen-bond donors (Lipinski definition) is 1. The molecular formula is C19H19N3O2. The van der Waals surface area contributed by atoms with Crippen LogP contribution >= 0.6 is 0 Å². The Morgan fingerprint density at radius 1 is 1.00 bits per heavy atom. The lowest BCUT2D eigenvalue weighted by Gasteiger charge is -2.02. The third kappa shape index (κ3) is 3.87. The van der Waals surface area contributed by atoms with Gasteiger partial charge in [-0.25, -0.2) is 0 Å². The first-order valence-electron chi connectivity index (χ1n) is 7.92. The number of hydrogen-bond acceptors (Lipinski definition) is 4. The molecule has 0 aliphatic rings. The fraction of sp³-hybridized carbons (Fsp3) is 0.211. The molecule has 0 aliphatic carbocycles. The minimum Gasteiger partial charge on any atom is -0.403 e. The maximum atomic E-state index is 12.1. The first kappa shape index (κ1) is 15.9. The third-order valence-electron chi connectivity index (χ3n) is 3.77. The van der Waals surface area contributed by atoms with E-state index in [1.807, 2.05) is 55.5 Å². The van der Waals surface area contributed by atoms with E-state index >= 15 is 0 Å². The second-order valence-corrected chi connectivity index (χ2v) is 5.67. The SMILES string of the molecule is CCc1ccc(CC(=O)Nc2nnc(-c3ccc(C)cc3)o2)cc1. The molecule has 0 aliphatic heterocycles. The number of carbonyl (C=O) groups is 1. The van der Waals surface area contributed by atoms with Gasteiger partial charge in [0.15, 0.2) is 0 Å². The monoisotopic (exact) mass is 321 g/mol. The average Bonchev–Trinajstić information content (AvgIpc) is 3.04. The number of amides is 1. The summed E-state index contributed by atoms with van der Waals surface area (Å²) in [6.07, 6.45) is 1.25. The Balaban J connectivity index is 1.63. The highest BCUT2D eigenvalue weighted by Crippen LogP contribution is 2.20. The summed E-state index contributed by atoms with van der Waals surface area (Å²) < 4.78 is 5.50. The molecule has 1 amide bonds. The molecule has 0 atom stereocenters. The van der Waals surface area contributed by atoms with E-state index in [9.17, 15) is 4.79 Å². The van der Waals surface area contributed by atoms with Crippen molar-refractivity contribution in [3.63, 3.8) is 0 Å². The molecule has 0 unspecified atom stereocenters. The molecule has 122 valence electrons. The van der Waals surface area contributed by atoms with E-state index in [2.05, 4.69) is 22.4 Å². The Labute approximate surface area is 140 Å². The number of benzene rings is 2. The molecule has 5 nitrogen and oxygen atoms in total. The highest BCUT2D eigenvalue weighted by molar-refractivity contribution is 5.90. The van der Waals surface area contributed by atoms with Crippen LogP contribution in [-0.2, 0) is 17.6 Å². The highest BCUT2D eigenvalue weighted by atomic mass is 16.4. The van der Waals surface area contributed by atoms with E-state index in [0.29, 0.717) is 5.89 Å². The molecule has 0 bridgehead atoms. The van der Waals surface area contributed by atoms with Gasteiger partial charge in [0.05, 0.1) is 6.42 Å². The Bertz CT molecular complexity index is 821. The molecule has 2 aromatic carbocycles. The molecular weight excluding hydrogens is 302 g/mol. The van der Waals surface area contributed by atoms with Crippen LogP contribution in [-0.4, -0.2) is 16.1 Å². The molecule has 3 aromatic rings. The first-order chi connectivity index (χ1) is 11.6. The summed E-state index contributed by atoms with van der Waals surface area (Å²) >= 11 is 0. The van der Waals surface area contributed by atoms with Crippen molar-refractivity contribution in [3.8, 4) is 11.5 Å². The maximum absolute atomic E-state index is 12.1. The predicted octanol–water partition coefficient (Wildman–Crippen LogP) is 3.79. The topological polar surface area (TPSA) is 68.0 Å². The zero-order chi connectivity index (χ0) is 16.9. The van der Waals surface area contributed by atoms with Gasteiger partial charge >= 0.3 is 6.01 Å². The van der Waals surface area contributed by atoms with Crippen LogP contribution < -0.4 is 5.32 Å². The number of nitrogens with one attached hydrogen (secondary N) is 1. The van der Waals surface area contributed by atoms with E-state index in [0.717, 1.165) is 23.1 Å². The third-order valence-corrected chi connectivity index (χ3v) is 3.77. The number of rotatable bonds is 5. The molecule has 0 spiro atoms. The molecule has 1 aromatic heterocycles. The lowest BCUT2D eigenvalue weighted by Crippen LogP contribution is -2.14. The van der Waals surface area contributed by atoms with E-state index < -0.39 is 0 Å². The van der Waals surface area contributed by atoms with Gasteiger partial charge in [-0.3, -0.25) is 10.1 Å². The second-order valence-electron chi connectivity index (χ2n) is 5.67. The van der Waals surface area contributed by atoms with Gasteiger partial charge in [-0.2, -0.15) is 0 Å². The standard InChI is InChI=1S/C19H19N3O2/c1-3-14-6-8-15(9-7-14)12-17(23)20-19-22-21-18(24-19)16-10-4-13(2)5-11-16/h4-11H,3,12H2,1-2H3,(H,20,22,23). The fourth-order valence-electron chi connectivity index (χ4n) is 2.33. The fourth-order valence-corrected chi connectivity index (χ4v) is 2.33. The lowest BCUT2D eigenvalue weighted by atomic mass is 10.1. The van der Waals surface area contributed by atoms with Gasteiger partial charge in [0.25, 0.3) is 0 Å². The van der Waals surface area contributed by atoms with Crippen molar-refractivity contribution in [3.05, 3.63) is 65.2 Å². The first-order valence-corrected chi connectivity index (χ1v) is 7.92. The van der Waals surface area contributed by atoms with Crippen molar-refractivity contribution in [1.82, 2.24) is 10.2 Å². The van der Waals surface area contributed by atoms with E-state index in [1.165, 1.54) is 5.56 Å². The number of aromatic nitrogens is 2. The zero-order valence-corrected chi connectivity index (χ0v) is 13.7. The van der Waals surface area contributed by atoms with Gasteiger partial charge in [-0.15, -0.1) is 5.10 Å². The molecule has 0 radical (unpaired) electrons. The van der Waals surface area contributed by atoms with Gasteiger partial charge in [0.1, 0.15) is 0 Å². The van der Waals surface area contributed by atoms with Crippen LogP contribution in [0.3, 0.4) is 0 Å². The summed E-state index contributed by atoms with van der Waals surface area (Å²) in [6, 6.07) is 15.9. The van der Waals surface area contributed by atoms with Crippen LogP contribution in [0.4, 0.5) is 6.01 Å². The smallest absolute Gasteiger partial charge is 0.322 e. The van der Waals surface area contributed by atoms with Crippen LogP contribution in [0.15, 0.2) is 52.9 Å². The number of carbonyl (C=O) groups excluding carboxylic acids is 1. The summed E-state index contributed by atoms with van der Waals surface area (Å²) in [7, 11) is 0. The highest BCUT2D eigenvalue weighted by Gasteiger charge is 2.11. The quantitative estimate of drug-likeness (QED) is 0.776. The number of aryl methyl sites for hydroxylation is 2. The molecule has 0 fully saturated rings. The van der Waals surface area contributed by atoms with E-state index in [-0.39, 0.29) is 18.3 Å². The summed E-state index contributed by atoms with van der Waals surface area (Å²) in [4.78, 5) is 12.1. The summed E-state index contributed by atoms with van der Waals surface area (Å²) in [5, 5.41) is 10.5. The minimum atomic E-state index is -0.182. The van der Waals surface area contributed by atoms with Crippen molar-refractivity contribution in [2.75, 3.05) is 5.32 Å². The number of nitrogens with zero attached hydrogens (tertiary/aromatic N) is 2. The van der Waals surface area contributed by atoms with Gasteiger partial charge in [-0.05, 0) is 36.6 Å². The van der Waals surface area contributed by atoms with Crippen molar-refractivity contribution in [2.45, 2.75) is 26.7 Å². The Hall–Kier alpha value is -2.95. The van der Waals surface area contributed by atoms with Crippen LogP contribution in [0.5, 0.6) is 0 Å². The molecule has 0 saturated carbocycles. The number of anilines is 1. The predicted molar refractivity (Wildman–Crippen MR) is 92.6 cm³/mol. The molecule has 24 heavy (non-hydrogen) atoms. The molecule has 0 saturated heterocycles. The Morgan fingerprint density at radius 2 is 1.67 bits per heavy atom. The summed E-state index contributed by atoms with van der Waals surface area (Å²) in [5.74, 6) is 0.205. The molecule has 1 N–H and O–H groups in total. The second kappa shape index (κ2) is 7.08. The summed E-state index contributed by atoms with van der Waals surface area (Å²) in [5.41, 5.74) is 4.17. The van der Waals surface area contributed by atoms with Crippen molar-refractivity contribution < 1.29 is 9.21 Å². The van der Waals surface area contributed by atoms with E-state index in [1.54, 1.807) is 0 Å². The van der Waals surface area contributed by atoms with Gasteiger partial charge in [0.2, 0.25) is 11.8 Å². The van der Waals surface area contributed by atoms with Gasteiger partial charge in [-0.1, -0.05) is 54.0 Å². The summed E-state index contributed by atoms with van der Waals surface area (Å²) in [6.45, 7) is 4.11. The van der Waals surface area contributed by atoms with Crippen LogP contribution in [0, 0.1) is 6.92 Å². The minimum absolute atomic E-state index is 0.112. The lowest BCUT2D eigenvalue weighted by molar-refractivity contribution is -0.115. The van der Waals surface area contributed by atoms with Crippen LogP contribution in [0.25, 0.3) is 11.5 Å². The average molecular weight is 321 g/mol. The molecule has 1 heterocycles.